The fourth-order valence-corrected chi connectivity index (χ4v) is 3.34. The summed E-state index contributed by atoms with van der Waals surface area (Å²) in [6.07, 6.45) is 1.21. The van der Waals surface area contributed by atoms with E-state index in [0.717, 1.165) is 10.4 Å². The summed E-state index contributed by atoms with van der Waals surface area (Å²) in [5.74, 6) is -0.902. The van der Waals surface area contributed by atoms with Crippen LogP contribution in [0.3, 0.4) is 0 Å². The van der Waals surface area contributed by atoms with Gasteiger partial charge in [-0.05, 0) is 12.1 Å². The Hall–Kier alpha value is -1.09. The van der Waals surface area contributed by atoms with Crippen LogP contribution in [0, 0.1) is 5.82 Å². The maximum Gasteiger partial charge on any atom is 0.264 e. The van der Waals surface area contributed by atoms with E-state index < -0.39 is 26.9 Å². The van der Waals surface area contributed by atoms with Crippen LogP contribution in [-0.2, 0) is 14.8 Å². The molecule has 1 aliphatic heterocycles. The van der Waals surface area contributed by atoms with Crippen molar-refractivity contribution < 1.29 is 22.7 Å². The van der Waals surface area contributed by atoms with Gasteiger partial charge in [-0.1, -0.05) is 0 Å². The molecule has 0 bridgehead atoms. The molecule has 0 radical (unpaired) electrons. The monoisotopic (exact) mass is 276 g/mol. The first kappa shape index (κ1) is 13.3. The van der Waals surface area contributed by atoms with Gasteiger partial charge in [-0.3, -0.25) is 0 Å². The normalized spacial score (nSPS) is 22.0. The fourth-order valence-electron chi connectivity index (χ4n) is 1.77. The van der Waals surface area contributed by atoms with E-state index in [1.165, 1.54) is 12.3 Å². The second kappa shape index (κ2) is 5.27. The van der Waals surface area contributed by atoms with Crippen LogP contribution in [0.15, 0.2) is 23.4 Å². The van der Waals surface area contributed by atoms with E-state index in [1.54, 1.807) is 0 Å². The van der Waals surface area contributed by atoms with Gasteiger partial charge in [0.1, 0.15) is 0 Å². The van der Waals surface area contributed by atoms with E-state index >= 15 is 0 Å². The van der Waals surface area contributed by atoms with Crippen LogP contribution in [0.25, 0.3) is 0 Å². The van der Waals surface area contributed by atoms with Crippen LogP contribution in [0.2, 0.25) is 0 Å². The SMILES string of the molecule is O=S(=O)(c1ncccc1F)N1CCOCC1CO. The smallest absolute Gasteiger partial charge is 0.264 e. The van der Waals surface area contributed by atoms with Gasteiger partial charge in [0.2, 0.25) is 5.03 Å². The molecule has 8 heteroatoms. The van der Waals surface area contributed by atoms with E-state index in [9.17, 15) is 12.8 Å². The van der Waals surface area contributed by atoms with Crippen LogP contribution in [0.5, 0.6) is 0 Å². The Morgan fingerprint density at radius 2 is 2.39 bits per heavy atom. The highest BCUT2D eigenvalue weighted by atomic mass is 32.2. The molecule has 2 rings (SSSR count). The quantitative estimate of drug-likeness (QED) is 0.813. The molecular formula is C10H13FN2O4S. The summed E-state index contributed by atoms with van der Waals surface area (Å²) < 4.78 is 44.1. The molecule has 18 heavy (non-hydrogen) atoms. The van der Waals surface area contributed by atoms with Gasteiger partial charge < -0.3 is 9.84 Å². The van der Waals surface area contributed by atoms with Crippen LogP contribution >= 0.6 is 0 Å². The second-order valence-corrected chi connectivity index (χ2v) is 5.62. The fraction of sp³-hybridized carbons (Fsp3) is 0.500. The number of rotatable bonds is 3. The zero-order valence-corrected chi connectivity index (χ0v) is 10.3. The van der Waals surface area contributed by atoms with Crippen molar-refractivity contribution in [2.24, 2.45) is 0 Å². The largest absolute Gasteiger partial charge is 0.395 e. The zero-order chi connectivity index (χ0) is 13.2. The first-order chi connectivity index (χ1) is 8.57. The number of hydrogen-bond donors (Lipinski definition) is 1. The molecule has 0 spiro atoms. The van der Waals surface area contributed by atoms with Crippen molar-refractivity contribution in [3.63, 3.8) is 0 Å². The van der Waals surface area contributed by atoms with E-state index in [2.05, 4.69) is 4.98 Å². The minimum Gasteiger partial charge on any atom is -0.395 e. The van der Waals surface area contributed by atoms with Crippen molar-refractivity contribution in [3.05, 3.63) is 24.1 Å². The summed E-state index contributed by atoms with van der Waals surface area (Å²) in [6.45, 7) is -0.00831. The molecule has 6 nitrogen and oxygen atoms in total. The summed E-state index contributed by atoms with van der Waals surface area (Å²) >= 11 is 0. The first-order valence-corrected chi connectivity index (χ1v) is 6.82. The van der Waals surface area contributed by atoms with Gasteiger partial charge in [0.15, 0.2) is 5.82 Å². The third-order valence-electron chi connectivity index (χ3n) is 2.66. The Labute approximate surface area is 104 Å². The zero-order valence-electron chi connectivity index (χ0n) is 9.49. The van der Waals surface area contributed by atoms with Gasteiger partial charge in [-0.25, -0.2) is 17.8 Å². The lowest BCUT2D eigenvalue weighted by Gasteiger charge is -2.32. The van der Waals surface area contributed by atoms with E-state index in [0.29, 0.717) is 0 Å². The molecule has 1 saturated heterocycles. The van der Waals surface area contributed by atoms with E-state index in [1.807, 2.05) is 0 Å². The van der Waals surface area contributed by atoms with Crippen LogP contribution in [-0.4, -0.2) is 55.2 Å². The van der Waals surface area contributed by atoms with Crippen molar-refractivity contribution in [3.8, 4) is 0 Å². The molecule has 1 N–H and O–H groups in total. The van der Waals surface area contributed by atoms with Gasteiger partial charge in [0.05, 0.1) is 25.9 Å². The topological polar surface area (TPSA) is 79.7 Å². The van der Waals surface area contributed by atoms with Gasteiger partial charge in [-0.2, -0.15) is 4.31 Å². The van der Waals surface area contributed by atoms with Gasteiger partial charge in [0.25, 0.3) is 10.0 Å². The summed E-state index contributed by atoms with van der Waals surface area (Å²) in [5, 5.41) is 8.52. The molecule has 1 aromatic heterocycles. The molecule has 2 heterocycles. The average molecular weight is 276 g/mol. The Kier molecular flexibility index (Phi) is 3.91. The van der Waals surface area contributed by atoms with Crippen LogP contribution < -0.4 is 0 Å². The molecule has 0 aromatic carbocycles. The number of nitrogens with zero attached hydrogens (tertiary/aromatic N) is 2. The third kappa shape index (κ3) is 2.37. The van der Waals surface area contributed by atoms with Gasteiger partial charge >= 0.3 is 0 Å². The number of aromatic nitrogens is 1. The molecule has 1 aromatic rings. The number of sulfonamides is 1. The molecule has 1 unspecified atom stereocenters. The van der Waals surface area contributed by atoms with Crippen molar-refractivity contribution in [2.75, 3.05) is 26.4 Å². The highest BCUT2D eigenvalue weighted by Crippen LogP contribution is 2.20. The van der Waals surface area contributed by atoms with Crippen molar-refractivity contribution in [1.29, 1.82) is 0 Å². The highest BCUT2D eigenvalue weighted by Gasteiger charge is 2.36. The predicted molar refractivity (Wildman–Crippen MR) is 59.8 cm³/mol. The lowest BCUT2D eigenvalue weighted by atomic mass is 10.3. The van der Waals surface area contributed by atoms with Gasteiger partial charge in [-0.15, -0.1) is 0 Å². The van der Waals surface area contributed by atoms with E-state index in [4.69, 9.17) is 9.84 Å². The van der Waals surface area contributed by atoms with Gasteiger partial charge in [0, 0.05) is 12.7 Å². The summed E-state index contributed by atoms with van der Waals surface area (Å²) in [5.41, 5.74) is 0. The Bertz CT molecular complexity index is 522. The van der Waals surface area contributed by atoms with Crippen LogP contribution in [0.4, 0.5) is 4.39 Å². The predicted octanol–water partition coefficient (Wildman–Crippen LogP) is -0.397. The standard InChI is InChI=1S/C10H13FN2O4S/c11-9-2-1-3-12-10(9)18(15,16)13-4-5-17-7-8(13)6-14/h1-3,8,14H,4-7H2. The summed E-state index contributed by atoms with van der Waals surface area (Å²) in [4.78, 5) is 3.57. The second-order valence-electron chi connectivity index (χ2n) is 3.82. The number of hydrogen-bond acceptors (Lipinski definition) is 5. The number of morpholine rings is 1. The highest BCUT2D eigenvalue weighted by molar-refractivity contribution is 7.89. The lowest BCUT2D eigenvalue weighted by molar-refractivity contribution is 0.0107. The Morgan fingerprint density at radius 3 is 3.06 bits per heavy atom. The average Bonchev–Trinajstić information content (AvgIpc) is 2.39. The lowest BCUT2D eigenvalue weighted by Crippen LogP contribution is -2.50. The number of aliphatic hydroxyl groups excluding tert-OH is 1. The maximum atomic E-state index is 13.5. The molecule has 100 valence electrons. The molecule has 0 amide bonds. The molecular weight excluding hydrogens is 263 g/mol. The Balaban J connectivity index is 2.39. The maximum absolute atomic E-state index is 13.5. The Morgan fingerprint density at radius 1 is 1.61 bits per heavy atom. The summed E-state index contributed by atoms with van der Waals surface area (Å²) in [7, 11) is -4.05. The number of aliphatic hydroxyl groups is 1. The molecule has 1 fully saturated rings. The van der Waals surface area contributed by atoms with Crippen LogP contribution in [0.1, 0.15) is 0 Å². The van der Waals surface area contributed by atoms with Crippen molar-refractivity contribution in [2.45, 2.75) is 11.1 Å². The number of ether oxygens (including phenoxy) is 1. The molecule has 1 aliphatic rings. The van der Waals surface area contributed by atoms with Crippen molar-refractivity contribution >= 4 is 10.0 Å². The number of pyridine rings is 1. The molecule has 1 atom stereocenters. The minimum atomic E-state index is -4.05. The van der Waals surface area contributed by atoms with E-state index in [-0.39, 0.29) is 26.4 Å². The molecule has 0 saturated carbocycles. The first-order valence-electron chi connectivity index (χ1n) is 5.38. The summed E-state index contributed by atoms with van der Waals surface area (Å²) in [6, 6.07) is 1.65. The third-order valence-corrected chi connectivity index (χ3v) is 4.55. The van der Waals surface area contributed by atoms with Crippen molar-refractivity contribution in [1.82, 2.24) is 9.29 Å². The minimum absolute atomic E-state index is 0.0730. The number of halogens is 1. The molecule has 0 aliphatic carbocycles.